The monoisotopic (exact) mass is 467 g/mol. The van der Waals surface area contributed by atoms with Crippen LogP contribution in [-0.4, -0.2) is 40.3 Å². The fourth-order valence-electron chi connectivity index (χ4n) is 4.19. The van der Waals surface area contributed by atoms with Crippen molar-refractivity contribution in [2.24, 2.45) is 11.8 Å². The van der Waals surface area contributed by atoms with E-state index in [1.54, 1.807) is 12.1 Å². The van der Waals surface area contributed by atoms with Gasteiger partial charge < -0.3 is 4.90 Å². The van der Waals surface area contributed by atoms with Crippen LogP contribution >= 0.6 is 11.3 Å². The van der Waals surface area contributed by atoms with E-state index in [9.17, 15) is 28.1 Å². The first-order valence-corrected chi connectivity index (χ1v) is 11.4. The highest BCUT2D eigenvalue weighted by atomic mass is 32.1. The quantitative estimate of drug-likeness (QED) is 0.408. The number of benzene rings is 1. The largest absolute Gasteiger partial charge is 0.416 e. The van der Waals surface area contributed by atoms with Crippen molar-refractivity contribution < 1.29 is 22.9 Å². The third-order valence-corrected chi connectivity index (χ3v) is 6.93. The van der Waals surface area contributed by atoms with E-state index < -0.39 is 16.7 Å². The van der Waals surface area contributed by atoms with Gasteiger partial charge in [0.2, 0.25) is 5.91 Å². The van der Waals surface area contributed by atoms with Crippen molar-refractivity contribution >= 4 is 22.2 Å². The lowest BCUT2D eigenvalue weighted by Gasteiger charge is -2.26. The van der Waals surface area contributed by atoms with E-state index >= 15 is 0 Å². The minimum Gasteiger partial charge on any atom is -0.342 e. The van der Waals surface area contributed by atoms with Crippen LogP contribution in [0.25, 0.3) is 0 Å². The molecule has 2 heterocycles. The van der Waals surface area contributed by atoms with E-state index in [-0.39, 0.29) is 22.7 Å². The predicted molar refractivity (Wildman–Crippen MR) is 114 cm³/mol. The molecule has 1 aliphatic heterocycles. The molecule has 172 valence electrons. The molecule has 1 saturated carbocycles. The van der Waals surface area contributed by atoms with Crippen LogP contribution in [0.1, 0.15) is 35.3 Å². The number of nitro groups is 1. The summed E-state index contributed by atoms with van der Waals surface area (Å²) in [6.07, 6.45) is -1.65. The summed E-state index contributed by atoms with van der Waals surface area (Å²) < 4.78 is 39.4. The lowest BCUT2D eigenvalue weighted by molar-refractivity contribution is -0.380. The Morgan fingerprint density at radius 3 is 2.62 bits per heavy atom. The molecule has 10 heteroatoms. The maximum Gasteiger partial charge on any atom is 0.416 e. The summed E-state index contributed by atoms with van der Waals surface area (Å²) >= 11 is 1.08. The number of amides is 1. The van der Waals surface area contributed by atoms with E-state index in [1.807, 2.05) is 9.80 Å². The van der Waals surface area contributed by atoms with Crippen molar-refractivity contribution in [1.29, 1.82) is 0 Å². The maximum absolute atomic E-state index is 13.1. The number of hydrogen-bond acceptors (Lipinski definition) is 5. The van der Waals surface area contributed by atoms with Crippen molar-refractivity contribution in [2.75, 3.05) is 19.6 Å². The number of nitrogens with zero attached hydrogens (tertiary/aromatic N) is 3. The zero-order valence-electron chi connectivity index (χ0n) is 17.4. The number of hydrogen-bond donors (Lipinski definition) is 0. The molecule has 1 saturated heterocycles. The average Bonchev–Trinajstić information content (AvgIpc) is 3.30. The predicted octanol–water partition coefficient (Wildman–Crippen LogP) is 4.94. The standard InChI is InChI=1S/C22H24F3N3O3S/c23-22(24,25)18-3-1-2-15(10-18)11-26(14-19-6-7-20(32-19)28(30)31)12-16-8-9-27(13-16)21(29)17-4-5-17/h1-3,6-7,10,16-17H,4-5,8-9,11-14H2. The first-order valence-electron chi connectivity index (χ1n) is 10.6. The van der Waals surface area contributed by atoms with E-state index in [2.05, 4.69) is 0 Å². The summed E-state index contributed by atoms with van der Waals surface area (Å²) in [5.74, 6) is 0.603. The number of thiophene rings is 1. The van der Waals surface area contributed by atoms with Gasteiger partial charge in [0.15, 0.2) is 0 Å². The van der Waals surface area contributed by atoms with Crippen LogP contribution in [0.3, 0.4) is 0 Å². The van der Waals surface area contributed by atoms with Crippen molar-refractivity contribution in [3.8, 4) is 0 Å². The molecule has 1 aromatic heterocycles. The van der Waals surface area contributed by atoms with Gasteiger partial charge in [-0.1, -0.05) is 29.5 Å². The molecule has 0 N–H and O–H groups in total. The molecule has 6 nitrogen and oxygen atoms in total. The Balaban J connectivity index is 1.47. The van der Waals surface area contributed by atoms with Crippen molar-refractivity contribution in [3.63, 3.8) is 0 Å². The van der Waals surface area contributed by atoms with Crippen LogP contribution in [0.5, 0.6) is 0 Å². The topological polar surface area (TPSA) is 66.7 Å². The van der Waals surface area contributed by atoms with E-state index in [4.69, 9.17) is 0 Å². The molecule has 1 atom stereocenters. The molecule has 0 spiro atoms. The Bertz CT molecular complexity index is 990. The van der Waals surface area contributed by atoms with Crippen LogP contribution < -0.4 is 0 Å². The van der Waals surface area contributed by atoms with Gasteiger partial charge in [0.25, 0.3) is 0 Å². The van der Waals surface area contributed by atoms with Crippen LogP contribution in [0.15, 0.2) is 36.4 Å². The second-order valence-electron chi connectivity index (χ2n) is 8.58. The lowest BCUT2D eigenvalue weighted by atomic mass is 10.1. The number of halogens is 3. The summed E-state index contributed by atoms with van der Waals surface area (Å²) in [4.78, 5) is 27.7. The van der Waals surface area contributed by atoms with Crippen molar-refractivity contribution in [3.05, 3.63) is 62.5 Å². The smallest absolute Gasteiger partial charge is 0.342 e. The molecule has 2 aromatic rings. The van der Waals surface area contributed by atoms with Gasteiger partial charge in [-0.05, 0) is 42.9 Å². The van der Waals surface area contributed by atoms with E-state index in [0.29, 0.717) is 38.3 Å². The minimum absolute atomic E-state index is 0.0427. The molecule has 2 aliphatic rings. The molecule has 32 heavy (non-hydrogen) atoms. The highest BCUT2D eigenvalue weighted by molar-refractivity contribution is 7.15. The van der Waals surface area contributed by atoms with Crippen molar-refractivity contribution in [2.45, 2.75) is 38.5 Å². The molecule has 1 aromatic carbocycles. The maximum atomic E-state index is 13.1. The SMILES string of the molecule is O=C(C1CC1)N1CCC(CN(Cc2cccc(C(F)(F)F)c2)Cc2ccc([N+](=O)[O-])s2)C1. The summed E-state index contributed by atoms with van der Waals surface area (Å²) in [7, 11) is 0. The Morgan fingerprint density at radius 2 is 1.97 bits per heavy atom. The number of carbonyl (C=O) groups excluding carboxylic acids is 1. The van der Waals surface area contributed by atoms with Gasteiger partial charge >= 0.3 is 11.2 Å². The van der Waals surface area contributed by atoms with Gasteiger partial charge in [-0.25, -0.2) is 0 Å². The summed E-state index contributed by atoms with van der Waals surface area (Å²) in [6, 6.07) is 8.42. The third-order valence-electron chi connectivity index (χ3n) is 5.91. The lowest BCUT2D eigenvalue weighted by Crippen LogP contribution is -2.33. The Hall–Kier alpha value is -2.46. The summed E-state index contributed by atoms with van der Waals surface area (Å²) in [5.41, 5.74) is -0.154. The summed E-state index contributed by atoms with van der Waals surface area (Å²) in [6.45, 7) is 2.67. The van der Waals surface area contributed by atoms with Crippen LogP contribution in [-0.2, 0) is 24.1 Å². The molecule has 1 unspecified atom stereocenters. The van der Waals surface area contributed by atoms with Crippen LogP contribution in [0, 0.1) is 22.0 Å². The average molecular weight is 468 g/mol. The zero-order valence-corrected chi connectivity index (χ0v) is 18.2. The fourth-order valence-corrected chi connectivity index (χ4v) is 5.06. The van der Waals surface area contributed by atoms with E-state index in [1.165, 1.54) is 12.1 Å². The van der Waals surface area contributed by atoms with Gasteiger partial charge in [0.05, 0.1) is 10.5 Å². The van der Waals surface area contributed by atoms with Gasteiger partial charge in [0, 0.05) is 49.6 Å². The third kappa shape index (κ3) is 5.66. The normalized spacial score (nSPS) is 19.0. The Kier molecular flexibility index (Phi) is 6.52. The van der Waals surface area contributed by atoms with Crippen molar-refractivity contribution in [1.82, 2.24) is 9.80 Å². The molecular formula is C22H24F3N3O3S. The fraction of sp³-hybridized carbons (Fsp3) is 0.500. The highest BCUT2D eigenvalue weighted by Gasteiger charge is 2.37. The van der Waals surface area contributed by atoms with Crippen LogP contribution in [0.4, 0.5) is 18.2 Å². The molecule has 2 fully saturated rings. The number of carbonyl (C=O) groups is 1. The number of alkyl halides is 3. The second-order valence-corrected chi connectivity index (χ2v) is 9.72. The van der Waals surface area contributed by atoms with Gasteiger partial charge in [-0.15, -0.1) is 0 Å². The molecular weight excluding hydrogens is 443 g/mol. The van der Waals surface area contributed by atoms with Crippen LogP contribution in [0.2, 0.25) is 0 Å². The minimum atomic E-state index is -4.41. The first-order chi connectivity index (χ1) is 15.2. The van der Waals surface area contributed by atoms with Gasteiger partial charge in [0.1, 0.15) is 0 Å². The summed E-state index contributed by atoms with van der Waals surface area (Å²) in [5, 5.41) is 11.1. The zero-order chi connectivity index (χ0) is 22.9. The molecule has 1 aliphatic carbocycles. The molecule has 4 rings (SSSR count). The molecule has 0 bridgehead atoms. The Labute approximate surface area is 187 Å². The Morgan fingerprint density at radius 1 is 1.19 bits per heavy atom. The first kappa shape index (κ1) is 22.7. The molecule has 0 radical (unpaired) electrons. The van der Waals surface area contributed by atoms with Gasteiger partial charge in [-0.2, -0.15) is 13.2 Å². The number of likely N-dealkylation sites (tertiary alicyclic amines) is 1. The number of rotatable bonds is 8. The highest BCUT2D eigenvalue weighted by Crippen LogP contribution is 2.34. The van der Waals surface area contributed by atoms with Gasteiger partial charge in [-0.3, -0.25) is 19.8 Å². The molecule has 1 amide bonds. The van der Waals surface area contributed by atoms with E-state index in [0.717, 1.165) is 47.6 Å². The second kappa shape index (κ2) is 9.19.